The molecule has 0 saturated carbocycles. The molecule has 174 valence electrons. The Morgan fingerprint density at radius 2 is 1.74 bits per heavy atom. The van der Waals surface area contributed by atoms with Gasteiger partial charge in [0.25, 0.3) is 5.56 Å². The van der Waals surface area contributed by atoms with E-state index >= 15 is 4.39 Å². The molecule has 2 N–H and O–H groups in total. The van der Waals surface area contributed by atoms with Gasteiger partial charge in [0, 0.05) is 17.5 Å². The van der Waals surface area contributed by atoms with Crippen molar-refractivity contribution in [3.63, 3.8) is 0 Å². The maximum Gasteiger partial charge on any atom is 0.352 e. The second-order valence-corrected chi connectivity index (χ2v) is 8.04. The first-order valence-corrected chi connectivity index (χ1v) is 10.9. The molecule has 4 rings (SSSR count). The lowest BCUT2D eigenvalue weighted by atomic mass is 10.1. The quantitative estimate of drug-likeness (QED) is 0.437. The third kappa shape index (κ3) is 4.64. The monoisotopic (exact) mass is 480 g/mol. The lowest BCUT2D eigenvalue weighted by Crippen LogP contribution is -2.45. The predicted molar refractivity (Wildman–Crippen MR) is 128 cm³/mol. The maximum absolute atomic E-state index is 15.1. The highest BCUT2D eigenvalue weighted by atomic mass is 35.5. The number of ether oxygens (including phenoxy) is 1. The first kappa shape index (κ1) is 23.4. The van der Waals surface area contributed by atoms with Crippen LogP contribution in [0, 0.1) is 5.82 Å². The van der Waals surface area contributed by atoms with Crippen LogP contribution in [0.2, 0.25) is 5.02 Å². The normalized spacial score (nSPS) is 11.9. The van der Waals surface area contributed by atoms with Crippen LogP contribution in [0.4, 0.5) is 4.39 Å². The summed E-state index contributed by atoms with van der Waals surface area (Å²) in [5, 5.41) is 4.68. The number of nitrogens with two attached hydrogens (primary N) is 1. The summed E-state index contributed by atoms with van der Waals surface area (Å²) < 4.78 is 22.0. The van der Waals surface area contributed by atoms with Gasteiger partial charge in [0.2, 0.25) is 0 Å². The standard InChI is InChI=1S/C25H22ClFN4O3/c1-34-22-13-7-12-21(23(22)27)31-25(33)30(15-19(28)16-8-3-2-4-9-16)24(32)20(29-31)14-17-10-5-6-11-18(17)26/h2-13,19H,14-15,28H2,1H3. The second kappa shape index (κ2) is 10.0. The van der Waals surface area contributed by atoms with Crippen molar-refractivity contribution in [3.8, 4) is 11.4 Å². The van der Waals surface area contributed by atoms with E-state index in [1.807, 2.05) is 30.3 Å². The van der Waals surface area contributed by atoms with Gasteiger partial charge in [-0.1, -0.05) is 66.2 Å². The first-order valence-electron chi connectivity index (χ1n) is 10.5. The van der Waals surface area contributed by atoms with Crippen LogP contribution in [0.15, 0.2) is 82.4 Å². The molecule has 0 bridgehead atoms. The number of rotatable bonds is 7. The molecule has 0 radical (unpaired) electrons. The van der Waals surface area contributed by atoms with E-state index in [4.69, 9.17) is 22.1 Å². The minimum Gasteiger partial charge on any atom is -0.494 e. The molecule has 7 nitrogen and oxygen atoms in total. The van der Waals surface area contributed by atoms with Crippen molar-refractivity contribution in [2.45, 2.75) is 19.0 Å². The molecule has 0 aliphatic heterocycles. The van der Waals surface area contributed by atoms with Gasteiger partial charge in [0.05, 0.1) is 13.7 Å². The van der Waals surface area contributed by atoms with Gasteiger partial charge in [-0.2, -0.15) is 9.78 Å². The third-order valence-electron chi connectivity index (χ3n) is 5.44. The third-order valence-corrected chi connectivity index (χ3v) is 5.81. The van der Waals surface area contributed by atoms with Crippen LogP contribution < -0.4 is 21.7 Å². The summed E-state index contributed by atoms with van der Waals surface area (Å²) in [6, 6.07) is 19.8. The molecule has 0 spiro atoms. The van der Waals surface area contributed by atoms with Gasteiger partial charge in [-0.25, -0.2) is 9.18 Å². The largest absolute Gasteiger partial charge is 0.494 e. The molecule has 1 heterocycles. The van der Waals surface area contributed by atoms with Crippen LogP contribution in [-0.4, -0.2) is 21.5 Å². The van der Waals surface area contributed by atoms with E-state index in [0.717, 1.165) is 14.8 Å². The van der Waals surface area contributed by atoms with Crippen molar-refractivity contribution in [1.82, 2.24) is 14.3 Å². The maximum atomic E-state index is 15.1. The molecular formula is C25H22ClFN4O3. The zero-order valence-corrected chi connectivity index (χ0v) is 19.1. The van der Waals surface area contributed by atoms with E-state index in [1.165, 1.54) is 25.3 Å². The minimum atomic E-state index is -0.813. The highest BCUT2D eigenvalue weighted by molar-refractivity contribution is 6.31. The lowest BCUT2D eigenvalue weighted by molar-refractivity contribution is 0.384. The van der Waals surface area contributed by atoms with E-state index < -0.39 is 23.1 Å². The molecule has 9 heteroatoms. The Labute approximate surface area is 199 Å². The van der Waals surface area contributed by atoms with Gasteiger partial charge in [0.15, 0.2) is 11.6 Å². The Morgan fingerprint density at radius 1 is 1.03 bits per heavy atom. The van der Waals surface area contributed by atoms with Crippen molar-refractivity contribution < 1.29 is 9.13 Å². The van der Waals surface area contributed by atoms with Gasteiger partial charge in [-0.3, -0.25) is 9.36 Å². The van der Waals surface area contributed by atoms with Crippen molar-refractivity contribution >= 4 is 11.6 Å². The fraction of sp³-hybridized carbons (Fsp3) is 0.160. The van der Waals surface area contributed by atoms with Crippen molar-refractivity contribution in [3.05, 3.63) is 121 Å². The number of aromatic nitrogens is 3. The molecule has 1 aromatic heterocycles. The Morgan fingerprint density at radius 3 is 2.44 bits per heavy atom. The average molecular weight is 481 g/mol. The molecule has 0 amide bonds. The van der Waals surface area contributed by atoms with E-state index in [-0.39, 0.29) is 30.1 Å². The Kier molecular flexibility index (Phi) is 6.90. The number of nitrogens with zero attached hydrogens (tertiary/aromatic N) is 3. The van der Waals surface area contributed by atoms with Crippen molar-refractivity contribution in [2.75, 3.05) is 7.11 Å². The molecule has 3 aromatic carbocycles. The Bertz CT molecular complexity index is 1440. The van der Waals surface area contributed by atoms with E-state index in [2.05, 4.69) is 5.10 Å². The summed E-state index contributed by atoms with van der Waals surface area (Å²) in [5.41, 5.74) is 6.15. The highest BCUT2D eigenvalue weighted by Gasteiger charge is 2.21. The summed E-state index contributed by atoms with van der Waals surface area (Å²) in [5.74, 6) is -0.835. The smallest absolute Gasteiger partial charge is 0.352 e. The summed E-state index contributed by atoms with van der Waals surface area (Å²) in [6.07, 6.45) is 0.0466. The fourth-order valence-corrected chi connectivity index (χ4v) is 3.84. The summed E-state index contributed by atoms with van der Waals surface area (Å²) >= 11 is 6.28. The number of halogens is 2. The second-order valence-electron chi connectivity index (χ2n) is 7.64. The molecule has 34 heavy (non-hydrogen) atoms. The zero-order chi connectivity index (χ0) is 24.2. The van der Waals surface area contributed by atoms with E-state index in [1.54, 1.807) is 24.3 Å². The van der Waals surface area contributed by atoms with Crippen molar-refractivity contribution in [1.29, 1.82) is 0 Å². The van der Waals surface area contributed by atoms with E-state index in [9.17, 15) is 9.59 Å². The van der Waals surface area contributed by atoms with E-state index in [0.29, 0.717) is 10.6 Å². The Balaban J connectivity index is 1.89. The molecule has 1 atom stereocenters. The van der Waals surface area contributed by atoms with Gasteiger partial charge in [-0.15, -0.1) is 0 Å². The van der Waals surface area contributed by atoms with Crippen LogP contribution in [-0.2, 0) is 13.0 Å². The topological polar surface area (TPSA) is 92.1 Å². The number of hydrogen-bond donors (Lipinski definition) is 1. The molecule has 0 aliphatic carbocycles. The highest BCUT2D eigenvalue weighted by Crippen LogP contribution is 2.22. The molecule has 0 aliphatic rings. The average Bonchev–Trinajstić information content (AvgIpc) is 2.85. The van der Waals surface area contributed by atoms with Crippen molar-refractivity contribution in [2.24, 2.45) is 5.73 Å². The SMILES string of the molecule is COc1cccc(-n2nc(Cc3ccccc3Cl)c(=O)n(CC(N)c3ccccc3)c2=O)c1F. The first-order chi connectivity index (χ1) is 16.4. The van der Waals surface area contributed by atoms with Gasteiger partial charge in [0.1, 0.15) is 11.4 Å². The summed E-state index contributed by atoms with van der Waals surface area (Å²) in [4.78, 5) is 26.7. The van der Waals surface area contributed by atoms with Crippen LogP contribution in [0.25, 0.3) is 5.69 Å². The molecule has 0 saturated heterocycles. The number of benzene rings is 3. The fourth-order valence-electron chi connectivity index (χ4n) is 3.64. The molecule has 4 aromatic rings. The lowest BCUT2D eigenvalue weighted by Gasteiger charge is -2.17. The van der Waals surface area contributed by atoms with Gasteiger partial charge in [-0.05, 0) is 29.3 Å². The Hall–Kier alpha value is -3.75. The molecule has 1 unspecified atom stereocenters. The zero-order valence-electron chi connectivity index (χ0n) is 18.3. The molecule has 0 fully saturated rings. The number of methoxy groups -OCH3 is 1. The number of hydrogen-bond acceptors (Lipinski definition) is 5. The van der Waals surface area contributed by atoms with Gasteiger partial charge < -0.3 is 10.5 Å². The predicted octanol–water partition coefficient (Wildman–Crippen LogP) is 3.49. The van der Waals surface area contributed by atoms with Crippen LogP contribution in [0.1, 0.15) is 22.9 Å². The molecular weight excluding hydrogens is 459 g/mol. The summed E-state index contributed by atoms with van der Waals surface area (Å²) in [6.45, 7) is -0.120. The van der Waals surface area contributed by atoms with Crippen LogP contribution in [0.3, 0.4) is 0 Å². The van der Waals surface area contributed by atoms with Gasteiger partial charge >= 0.3 is 5.69 Å². The van der Waals surface area contributed by atoms with Crippen LogP contribution in [0.5, 0.6) is 5.75 Å². The minimum absolute atomic E-state index is 0.0233. The van der Waals surface area contributed by atoms with Crippen LogP contribution >= 0.6 is 11.6 Å². The summed E-state index contributed by atoms with van der Waals surface area (Å²) in [7, 11) is 1.32.